The van der Waals surface area contributed by atoms with Crippen LogP contribution in [-0.2, 0) is 4.79 Å². The number of hydrogen-bond donors (Lipinski definition) is 1. The molecule has 0 saturated heterocycles. The molecule has 4 rings (SSSR count). The molecule has 0 radical (unpaired) electrons. The van der Waals surface area contributed by atoms with Gasteiger partial charge in [-0.2, -0.15) is 0 Å². The van der Waals surface area contributed by atoms with Crippen LogP contribution in [0.3, 0.4) is 0 Å². The summed E-state index contributed by atoms with van der Waals surface area (Å²) in [6, 6.07) is 17.7. The summed E-state index contributed by atoms with van der Waals surface area (Å²) >= 11 is 1.35. The van der Waals surface area contributed by atoms with Crippen molar-refractivity contribution in [2.24, 2.45) is 5.92 Å². The van der Waals surface area contributed by atoms with Crippen molar-refractivity contribution in [1.82, 2.24) is 14.9 Å². The lowest BCUT2D eigenvalue weighted by Crippen LogP contribution is -2.31. The van der Waals surface area contributed by atoms with Crippen molar-refractivity contribution >= 4 is 28.6 Å². The average Bonchev–Trinajstić information content (AvgIpc) is 3.57. The molecule has 156 valence electrons. The fourth-order valence-corrected chi connectivity index (χ4v) is 4.56. The predicted molar refractivity (Wildman–Crippen MR) is 122 cm³/mol. The second-order valence-corrected chi connectivity index (χ2v) is 9.21. The monoisotopic (exact) mass is 421 g/mol. The Morgan fingerprint density at radius 2 is 1.83 bits per heavy atom. The number of amides is 1. The summed E-state index contributed by atoms with van der Waals surface area (Å²) in [7, 11) is 0. The highest BCUT2D eigenvalue weighted by Crippen LogP contribution is 2.36. The van der Waals surface area contributed by atoms with E-state index in [4.69, 9.17) is 4.98 Å². The van der Waals surface area contributed by atoms with Gasteiger partial charge in [-0.25, -0.2) is 4.98 Å². The van der Waals surface area contributed by atoms with Crippen molar-refractivity contribution in [3.05, 3.63) is 70.5 Å². The zero-order valence-electron chi connectivity index (χ0n) is 17.4. The lowest BCUT2D eigenvalue weighted by molar-refractivity contribution is -0.119. The van der Waals surface area contributed by atoms with Crippen LogP contribution in [0.4, 0.5) is 0 Å². The van der Waals surface area contributed by atoms with Gasteiger partial charge in [0.05, 0.1) is 22.7 Å². The normalized spacial score (nSPS) is 14.8. The number of carbonyl (C=O) groups is 1. The van der Waals surface area contributed by atoms with Gasteiger partial charge in [-0.15, -0.1) is 0 Å². The summed E-state index contributed by atoms with van der Waals surface area (Å²) in [5.41, 5.74) is 1.79. The van der Waals surface area contributed by atoms with Crippen molar-refractivity contribution in [2.45, 2.75) is 50.4 Å². The Kier molecular flexibility index (Phi) is 6.23. The second-order valence-electron chi connectivity index (χ2n) is 8.27. The quantitative estimate of drug-likeness (QED) is 0.422. The zero-order chi connectivity index (χ0) is 21.1. The smallest absolute Gasteiger partial charge is 0.262 e. The molecular weight excluding hydrogens is 394 g/mol. The first-order chi connectivity index (χ1) is 14.5. The lowest BCUT2D eigenvalue weighted by Gasteiger charge is -2.21. The maximum atomic E-state index is 13.0. The molecule has 1 saturated carbocycles. The summed E-state index contributed by atoms with van der Waals surface area (Å²) in [6.07, 6.45) is 2.86. The largest absolute Gasteiger partial charge is 0.349 e. The van der Waals surface area contributed by atoms with Gasteiger partial charge in [0.15, 0.2) is 5.16 Å². The lowest BCUT2D eigenvalue weighted by atomic mass is 9.97. The topological polar surface area (TPSA) is 64.0 Å². The number of nitrogens with one attached hydrogen (secondary N) is 1. The van der Waals surface area contributed by atoms with E-state index in [1.54, 1.807) is 4.57 Å². The summed E-state index contributed by atoms with van der Waals surface area (Å²) in [5, 5.41) is 4.45. The van der Waals surface area contributed by atoms with Gasteiger partial charge < -0.3 is 5.32 Å². The third kappa shape index (κ3) is 4.75. The first-order valence-corrected chi connectivity index (χ1v) is 11.5. The fourth-order valence-electron chi connectivity index (χ4n) is 3.68. The molecule has 1 N–H and O–H groups in total. The molecule has 1 atom stereocenters. The molecule has 1 amide bonds. The number of rotatable bonds is 8. The highest BCUT2D eigenvalue weighted by molar-refractivity contribution is 7.99. The first-order valence-electron chi connectivity index (χ1n) is 10.5. The fraction of sp³-hybridized carbons (Fsp3) is 0.375. The van der Waals surface area contributed by atoms with Gasteiger partial charge in [-0.1, -0.05) is 68.1 Å². The summed E-state index contributed by atoms with van der Waals surface area (Å²) in [4.78, 5) is 30.4. The highest BCUT2D eigenvalue weighted by atomic mass is 32.2. The maximum absolute atomic E-state index is 13.0. The minimum Gasteiger partial charge on any atom is -0.349 e. The standard InChI is InChI=1S/C24H27N3O2S/c1-16(2)14-21(17-8-4-3-5-9-17)25-22(28)15-30-24-26-20-11-7-6-10-19(20)23(29)27(24)18-12-13-18/h3-11,16,18,21H,12-15H2,1-2H3,(H,25,28)/t21-/m0/s1. The van der Waals surface area contributed by atoms with Gasteiger partial charge in [0.2, 0.25) is 5.91 Å². The van der Waals surface area contributed by atoms with Crippen LogP contribution in [0.5, 0.6) is 0 Å². The van der Waals surface area contributed by atoms with E-state index in [1.807, 2.05) is 42.5 Å². The molecule has 6 heteroatoms. The van der Waals surface area contributed by atoms with Crippen LogP contribution in [0.2, 0.25) is 0 Å². The Hall–Kier alpha value is -2.60. The van der Waals surface area contributed by atoms with E-state index in [1.165, 1.54) is 11.8 Å². The van der Waals surface area contributed by atoms with Crippen LogP contribution in [0.25, 0.3) is 10.9 Å². The van der Waals surface area contributed by atoms with E-state index in [2.05, 4.69) is 31.3 Å². The molecule has 1 fully saturated rings. The van der Waals surface area contributed by atoms with E-state index in [-0.39, 0.29) is 29.3 Å². The minimum absolute atomic E-state index is 0.00650. The molecule has 1 aliphatic carbocycles. The van der Waals surface area contributed by atoms with E-state index < -0.39 is 0 Å². The molecule has 0 spiro atoms. The number of para-hydroxylation sites is 1. The van der Waals surface area contributed by atoms with Crippen molar-refractivity contribution < 1.29 is 4.79 Å². The van der Waals surface area contributed by atoms with Crippen LogP contribution < -0.4 is 10.9 Å². The Balaban J connectivity index is 1.51. The van der Waals surface area contributed by atoms with Crippen molar-refractivity contribution in [3.63, 3.8) is 0 Å². The van der Waals surface area contributed by atoms with Crippen LogP contribution >= 0.6 is 11.8 Å². The Morgan fingerprint density at radius 1 is 1.13 bits per heavy atom. The number of benzene rings is 2. The van der Waals surface area contributed by atoms with Crippen LogP contribution in [0.1, 0.15) is 50.8 Å². The predicted octanol–water partition coefficient (Wildman–Crippen LogP) is 4.73. The van der Waals surface area contributed by atoms with Gasteiger partial charge in [0.1, 0.15) is 0 Å². The Morgan fingerprint density at radius 3 is 2.53 bits per heavy atom. The second kappa shape index (κ2) is 9.04. The number of nitrogens with zero attached hydrogens (tertiary/aromatic N) is 2. The van der Waals surface area contributed by atoms with E-state index in [0.717, 1.165) is 24.8 Å². The highest BCUT2D eigenvalue weighted by Gasteiger charge is 2.29. The Bertz CT molecular complexity index is 1090. The van der Waals surface area contributed by atoms with Gasteiger partial charge in [-0.05, 0) is 42.9 Å². The minimum atomic E-state index is -0.0424. The Labute approximate surface area is 180 Å². The van der Waals surface area contributed by atoms with Gasteiger partial charge in [-0.3, -0.25) is 14.2 Å². The maximum Gasteiger partial charge on any atom is 0.262 e. The molecule has 0 aliphatic heterocycles. The SMILES string of the molecule is CC(C)C[C@H](NC(=O)CSc1nc2ccccc2c(=O)n1C1CC1)c1ccccc1. The van der Waals surface area contributed by atoms with Gasteiger partial charge >= 0.3 is 0 Å². The number of aromatic nitrogens is 2. The van der Waals surface area contributed by atoms with Crippen molar-refractivity contribution in [3.8, 4) is 0 Å². The number of thioether (sulfide) groups is 1. The van der Waals surface area contributed by atoms with Crippen molar-refractivity contribution in [1.29, 1.82) is 0 Å². The van der Waals surface area contributed by atoms with Crippen LogP contribution in [-0.4, -0.2) is 21.2 Å². The number of hydrogen-bond acceptors (Lipinski definition) is 4. The zero-order valence-corrected chi connectivity index (χ0v) is 18.2. The molecule has 1 heterocycles. The van der Waals surface area contributed by atoms with Crippen molar-refractivity contribution in [2.75, 3.05) is 5.75 Å². The molecular formula is C24H27N3O2S. The number of carbonyl (C=O) groups excluding carboxylic acids is 1. The molecule has 0 unspecified atom stereocenters. The van der Waals surface area contributed by atoms with E-state index in [0.29, 0.717) is 22.0 Å². The van der Waals surface area contributed by atoms with Gasteiger partial charge in [0.25, 0.3) is 5.56 Å². The molecule has 5 nitrogen and oxygen atoms in total. The summed E-state index contributed by atoms with van der Waals surface area (Å²) in [6.45, 7) is 4.31. The molecule has 1 aromatic heterocycles. The summed E-state index contributed by atoms with van der Waals surface area (Å²) < 4.78 is 1.78. The number of fused-ring (bicyclic) bond motifs is 1. The summed E-state index contributed by atoms with van der Waals surface area (Å²) in [5.74, 6) is 0.656. The molecule has 0 bridgehead atoms. The molecule has 30 heavy (non-hydrogen) atoms. The van der Waals surface area contributed by atoms with Crippen LogP contribution in [0.15, 0.2) is 64.5 Å². The molecule has 3 aromatic rings. The van der Waals surface area contributed by atoms with E-state index in [9.17, 15) is 9.59 Å². The third-order valence-electron chi connectivity index (χ3n) is 5.26. The molecule has 2 aromatic carbocycles. The van der Waals surface area contributed by atoms with Crippen LogP contribution in [0, 0.1) is 5.92 Å². The average molecular weight is 422 g/mol. The first kappa shape index (κ1) is 20.7. The van der Waals surface area contributed by atoms with Gasteiger partial charge in [0, 0.05) is 6.04 Å². The van der Waals surface area contributed by atoms with E-state index >= 15 is 0 Å². The third-order valence-corrected chi connectivity index (χ3v) is 6.22. The molecule has 1 aliphatic rings.